The Hall–Kier alpha value is -4.56. The monoisotopic (exact) mass is 510 g/mol. The van der Waals surface area contributed by atoms with Crippen LogP contribution in [0.3, 0.4) is 0 Å². The van der Waals surface area contributed by atoms with Gasteiger partial charge in [-0.25, -0.2) is 0 Å². The standard InChI is InChI=1S/C29H22N2O5S/c1-19-6-11-26(12-7-19)37-27-16-22(15-23(17-27)31(33)34)30-29(32)28-13-10-25(36-28)18-35-24-9-8-20-4-2-3-5-21(20)14-24/h2-17H,18H2,1H3,(H,30,32). The molecule has 0 spiro atoms. The number of benzene rings is 4. The van der Waals surface area contributed by atoms with Crippen molar-refractivity contribution in [3.8, 4) is 5.75 Å². The molecule has 0 radical (unpaired) electrons. The van der Waals surface area contributed by atoms with Gasteiger partial charge in [0, 0.05) is 27.6 Å². The summed E-state index contributed by atoms with van der Waals surface area (Å²) in [4.78, 5) is 25.4. The van der Waals surface area contributed by atoms with Crippen LogP contribution < -0.4 is 10.1 Å². The number of carbonyl (C=O) groups is 1. The van der Waals surface area contributed by atoms with Crippen molar-refractivity contribution < 1.29 is 18.9 Å². The first-order chi connectivity index (χ1) is 17.9. The molecule has 0 unspecified atom stereocenters. The lowest BCUT2D eigenvalue weighted by atomic mass is 10.1. The van der Waals surface area contributed by atoms with E-state index in [9.17, 15) is 14.9 Å². The van der Waals surface area contributed by atoms with Gasteiger partial charge in [0.1, 0.15) is 18.1 Å². The van der Waals surface area contributed by atoms with Crippen LogP contribution in [-0.4, -0.2) is 10.8 Å². The zero-order chi connectivity index (χ0) is 25.8. The minimum atomic E-state index is -0.510. The Labute approximate surface area is 217 Å². The lowest BCUT2D eigenvalue weighted by molar-refractivity contribution is -0.385. The molecule has 0 bridgehead atoms. The predicted molar refractivity (Wildman–Crippen MR) is 143 cm³/mol. The number of carbonyl (C=O) groups excluding carboxylic acids is 1. The van der Waals surface area contributed by atoms with Crippen molar-refractivity contribution in [1.82, 2.24) is 0 Å². The number of nitrogens with zero attached hydrogens (tertiary/aromatic N) is 1. The second-order valence-corrected chi connectivity index (χ2v) is 9.55. The summed E-state index contributed by atoms with van der Waals surface area (Å²) in [5.41, 5.74) is 1.31. The van der Waals surface area contributed by atoms with Gasteiger partial charge in [-0.15, -0.1) is 0 Å². The molecule has 4 aromatic carbocycles. The Kier molecular flexibility index (Phi) is 6.91. The van der Waals surface area contributed by atoms with Crippen LogP contribution in [-0.2, 0) is 6.61 Å². The summed E-state index contributed by atoms with van der Waals surface area (Å²) in [6.07, 6.45) is 0. The number of fused-ring (bicyclic) bond motifs is 1. The third-order valence-corrected chi connectivity index (χ3v) is 6.58. The van der Waals surface area contributed by atoms with E-state index in [0.29, 0.717) is 22.1 Å². The first kappa shape index (κ1) is 24.1. The van der Waals surface area contributed by atoms with Crippen molar-refractivity contribution in [2.24, 2.45) is 0 Å². The van der Waals surface area contributed by atoms with Crippen LogP contribution in [0.15, 0.2) is 111 Å². The fourth-order valence-corrected chi connectivity index (χ4v) is 4.65. The van der Waals surface area contributed by atoms with Crippen LogP contribution >= 0.6 is 11.8 Å². The van der Waals surface area contributed by atoms with Gasteiger partial charge in [0.15, 0.2) is 5.76 Å². The number of non-ortho nitro benzene ring substituents is 1. The smallest absolute Gasteiger partial charge is 0.291 e. The Morgan fingerprint density at radius 1 is 0.919 bits per heavy atom. The maximum atomic E-state index is 12.8. The van der Waals surface area contributed by atoms with Crippen LogP contribution in [0.2, 0.25) is 0 Å². The fraction of sp³-hybridized carbons (Fsp3) is 0.0690. The van der Waals surface area contributed by atoms with E-state index in [0.717, 1.165) is 21.2 Å². The number of hydrogen-bond donors (Lipinski definition) is 1. The van der Waals surface area contributed by atoms with E-state index in [1.165, 1.54) is 23.9 Å². The number of aryl methyl sites for hydroxylation is 1. The van der Waals surface area contributed by atoms with Gasteiger partial charge < -0.3 is 14.5 Å². The molecule has 0 aliphatic carbocycles. The van der Waals surface area contributed by atoms with Crippen molar-refractivity contribution in [2.75, 3.05) is 5.32 Å². The number of furan rings is 1. The van der Waals surface area contributed by atoms with E-state index >= 15 is 0 Å². The topological polar surface area (TPSA) is 94.6 Å². The molecule has 5 aromatic rings. The van der Waals surface area contributed by atoms with Gasteiger partial charge in [-0.2, -0.15) is 0 Å². The van der Waals surface area contributed by atoms with Gasteiger partial charge in [-0.1, -0.05) is 59.8 Å². The Balaban J connectivity index is 1.27. The summed E-state index contributed by atoms with van der Waals surface area (Å²) in [6, 6.07) is 29.4. The van der Waals surface area contributed by atoms with Crippen molar-refractivity contribution in [1.29, 1.82) is 0 Å². The molecule has 7 nitrogen and oxygen atoms in total. The van der Waals surface area contributed by atoms with Crippen LogP contribution in [0, 0.1) is 17.0 Å². The number of ether oxygens (including phenoxy) is 1. The van der Waals surface area contributed by atoms with Crippen molar-refractivity contribution in [3.05, 3.63) is 124 Å². The molecule has 0 fully saturated rings. The molecule has 5 rings (SSSR count). The molecule has 37 heavy (non-hydrogen) atoms. The Morgan fingerprint density at radius 3 is 2.49 bits per heavy atom. The minimum absolute atomic E-state index is 0.0800. The molecular weight excluding hydrogens is 488 g/mol. The van der Waals surface area contributed by atoms with E-state index in [-0.39, 0.29) is 18.1 Å². The highest BCUT2D eigenvalue weighted by Crippen LogP contribution is 2.33. The van der Waals surface area contributed by atoms with Crippen molar-refractivity contribution in [3.63, 3.8) is 0 Å². The Morgan fingerprint density at radius 2 is 1.70 bits per heavy atom. The average molecular weight is 511 g/mol. The number of nitro groups is 1. The highest BCUT2D eigenvalue weighted by molar-refractivity contribution is 7.99. The van der Waals surface area contributed by atoms with Gasteiger partial charge >= 0.3 is 0 Å². The van der Waals surface area contributed by atoms with Crippen LogP contribution in [0.1, 0.15) is 21.9 Å². The Bertz CT molecular complexity index is 1590. The molecule has 0 aliphatic heterocycles. The summed E-state index contributed by atoms with van der Waals surface area (Å²) < 4.78 is 11.5. The summed E-state index contributed by atoms with van der Waals surface area (Å²) in [5.74, 6) is 0.740. The first-order valence-electron chi connectivity index (χ1n) is 11.5. The molecule has 1 amide bonds. The van der Waals surface area contributed by atoms with E-state index in [4.69, 9.17) is 9.15 Å². The normalized spacial score (nSPS) is 10.8. The highest BCUT2D eigenvalue weighted by Gasteiger charge is 2.16. The predicted octanol–water partition coefficient (Wildman–Crippen LogP) is 7.63. The van der Waals surface area contributed by atoms with E-state index < -0.39 is 10.8 Å². The zero-order valence-corrected chi connectivity index (χ0v) is 20.7. The highest BCUT2D eigenvalue weighted by atomic mass is 32.2. The quantitative estimate of drug-likeness (QED) is 0.170. The lowest BCUT2D eigenvalue weighted by Gasteiger charge is -2.08. The number of amides is 1. The molecule has 184 valence electrons. The molecule has 1 heterocycles. The fourth-order valence-electron chi connectivity index (χ4n) is 3.74. The van der Waals surface area contributed by atoms with Crippen molar-refractivity contribution in [2.45, 2.75) is 23.3 Å². The molecule has 1 aromatic heterocycles. The SMILES string of the molecule is Cc1ccc(Sc2cc(NC(=O)c3ccc(COc4ccc5ccccc5c4)o3)cc([N+](=O)[O-])c2)cc1. The summed E-state index contributed by atoms with van der Waals surface area (Å²) in [7, 11) is 0. The number of anilines is 1. The summed E-state index contributed by atoms with van der Waals surface area (Å²) in [6.45, 7) is 2.14. The van der Waals surface area contributed by atoms with E-state index in [2.05, 4.69) is 5.32 Å². The van der Waals surface area contributed by atoms with Crippen molar-refractivity contribution >= 4 is 39.8 Å². The molecule has 0 saturated carbocycles. The van der Waals surface area contributed by atoms with Crippen LogP contribution in [0.5, 0.6) is 5.75 Å². The van der Waals surface area contributed by atoms with E-state index in [1.807, 2.05) is 73.7 Å². The third kappa shape index (κ3) is 5.99. The van der Waals surface area contributed by atoms with Gasteiger partial charge in [0.25, 0.3) is 11.6 Å². The lowest BCUT2D eigenvalue weighted by Crippen LogP contribution is -2.11. The summed E-state index contributed by atoms with van der Waals surface area (Å²) >= 11 is 1.38. The first-order valence-corrected chi connectivity index (χ1v) is 12.3. The van der Waals surface area contributed by atoms with Gasteiger partial charge in [-0.05, 0) is 60.2 Å². The maximum absolute atomic E-state index is 12.8. The zero-order valence-electron chi connectivity index (χ0n) is 19.8. The minimum Gasteiger partial charge on any atom is -0.486 e. The van der Waals surface area contributed by atoms with Crippen LogP contribution in [0.4, 0.5) is 11.4 Å². The average Bonchev–Trinajstić information content (AvgIpc) is 3.38. The molecule has 0 saturated heterocycles. The van der Waals surface area contributed by atoms with Gasteiger partial charge in [-0.3, -0.25) is 14.9 Å². The third-order valence-electron chi connectivity index (χ3n) is 5.60. The molecule has 0 aliphatic rings. The summed E-state index contributed by atoms with van der Waals surface area (Å²) in [5, 5.41) is 16.4. The number of nitrogens with one attached hydrogen (secondary N) is 1. The van der Waals surface area contributed by atoms with E-state index in [1.54, 1.807) is 18.2 Å². The second-order valence-electron chi connectivity index (χ2n) is 8.41. The molecule has 1 N–H and O–H groups in total. The largest absolute Gasteiger partial charge is 0.486 e. The second kappa shape index (κ2) is 10.6. The number of hydrogen-bond acceptors (Lipinski definition) is 6. The molecular formula is C29H22N2O5S. The van der Waals surface area contributed by atoms with Crippen LogP contribution in [0.25, 0.3) is 10.8 Å². The number of nitro benzene ring substituents is 1. The van der Waals surface area contributed by atoms with Gasteiger partial charge in [0.2, 0.25) is 0 Å². The molecule has 8 heteroatoms. The number of rotatable bonds is 8. The van der Waals surface area contributed by atoms with Gasteiger partial charge in [0.05, 0.1) is 4.92 Å². The molecule has 0 atom stereocenters. The maximum Gasteiger partial charge on any atom is 0.291 e.